The molecule has 0 saturated carbocycles. The van der Waals surface area contributed by atoms with Gasteiger partial charge in [-0.2, -0.15) is 0 Å². The van der Waals surface area contributed by atoms with Crippen LogP contribution in [0.1, 0.15) is 68.6 Å². The van der Waals surface area contributed by atoms with Gasteiger partial charge in [0, 0.05) is 5.38 Å². The number of nitrogens with zero attached hydrogens (tertiary/aromatic N) is 1. The van der Waals surface area contributed by atoms with Crippen molar-refractivity contribution in [1.29, 1.82) is 0 Å². The minimum atomic E-state index is 0.450. The quantitative estimate of drug-likeness (QED) is 0.658. The predicted octanol–water partition coefficient (Wildman–Crippen LogP) is 4.46. The molecule has 0 aliphatic heterocycles. The van der Waals surface area contributed by atoms with Crippen LogP contribution in [0.4, 0.5) is 0 Å². The highest BCUT2D eigenvalue weighted by Gasteiger charge is 2.11. The van der Waals surface area contributed by atoms with Gasteiger partial charge in [0.1, 0.15) is 0 Å². The van der Waals surface area contributed by atoms with Crippen molar-refractivity contribution in [2.45, 2.75) is 64.8 Å². The first-order valence-corrected chi connectivity index (χ1v) is 7.75. The van der Waals surface area contributed by atoms with Gasteiger partial charge in [0.05, 0.1) is 16.7 Å². The number of nitrogens with one attached hydrogen (secondary N) is 1. The molecule has 17 heavy (non-hydrogen) atoms. The molecule has 1 N–H and O–H groups in total. The van der Waals surface area contributed by atoms with Crippen LogP contribution in [0, 0.1) is 6.92 Å². The average molecular weight is 254 g/mol. The van der Waals surface area contributed by atoms with E-state index in [9.17, 15) is 0 Å². The molecular weight excluding hydrogens is 228 g/mol. The summed E-state index contributed by atoms with van der Waals surface area (Å²) in [4.78, 5) is 4.57. The van der Waals surface area contributed by atoms with Gasteiger partial charge in [-0.05, 0) is 20.4 Å². The van der Waals surface area contributed by atoms with E-state index in [-0.39, 0.29) is 0 Å². The van der Waals surface area contributed by atoms with Crippen molar-refractivity contribution < 1.29 is 0 Å². The minimum absolute atomic E-state index is 0.450. The van der Waals surface area contributed by atoms with Crippen LogP contribution < -0.4 is 5.32 Å². The first-order chi connectivity index (χ1) is 8.27. The highest BCUT2D eigenvalue weighted by atomic mass is 32.1. The smallest absolute Gasteiger partial charge is 0.0898 e. The number of unbranched alkanes of at least 4 members (excludes halogenated alkanes) is 5. The van der Waals surface area contributed by atoms with Crippen LogP contribution in [-0.2, 0) is 0 Å². The molecule has 0 amide bonds. The van der Waals surface area contributed by atoms with E-state index in [2.05, 4.69) is 29.5 Å². The second-order valence-electron chi connectivity index (χ2n) is 4.69. The Morgan fingerprint density at radius 3 is 2.53 bits per heavy atom. The lowest BCUT2D eigenvalue weighted by molar-refractivity contribution is 0.490. The second kappa shape index (κ2) is 8.65. The monoisotopic (exact) mass is 254 g/mol. The van der Waals surface area contributed by atoms with Crippen molar-refractivity contribution in [1.82, 2.24) is 10.3 Å². The number of hydrogen-bond acceptors (Lipinski definition) is 3. The fraction of sp³-hybridized carbons (Fsp3) is 0.786. The van der Waals surface area contributed by atoms with Crippen LogP contribution in [-0.4, -0.2) is 12.0 Å². The first-order valence-electron chi connectivity index (χ1n) is 6.87. The normalized spacial score (nSPS) is 12.9. The second-order valence-corrected chi connectivity index (χ2v) is 5.75. The highest BCUT2D eigenvalue weighted by molar-refractivity contribution is 7.09. The summed E-state index contributed by atoms with van der Waals surface area (Å²) in [7, 11) is 2.04. The Balaban J connectivity index is 2.19. The summed E-state index contributed by atoms with van der Waals surface area (Å²) in [5, 5.41) is 6.74. The molecule has 1 heterocycles. The topological polar surface area (TPSA) is 24.9 Å². The summed E-state index contributed by atoms with van der Waals surface area (Å²) in [6, 6.07) is 0.450. The van der Waals surface area contributed by atoms with Gasteiger partial charge in [0.2, 0.25) is 0 Å². The Kier molecular flexibility index (Phi) is 7.45. The summed E-state index contributed by atoms with van der Waals surface area (Å²) < 4.78 is 0. The van der Waals surface area contributed by atoms with E-state index in [1.54, 1.807) is 11.3 Å². The van der Waals surface area contributed by atoms with Gasteiger partial charge >= 0.3 is 0 Å². The molecule has 3 heteroatoms. The molecule has 0 bridgehead atoms. The van der Waals surface area contributed by atoms with E-state index in [0.29, 0.717) is 6.04 Å². The maximum Gasteiger partial charge on any atom is 0.0898 e. The van der Waals surface area contributed by atoms with Gasteiger partial charge in [-0.1, -0.05) is 45.4 Å². The zero-order chi connectivity index (χ0) is 12.5. The Bertz CT molecular complexity index is 296. The molecule has 0 fully saturated rings. The molecule has 2 nitrogen and oxygen atoms in total. The number of thiazole rings is 1. The number of rotatable bonds is 9. The van der Waals surface area contributed by atoms with Crippen LogP contribution in [0.5, 0.6) is 0 Å². The summed E-state index contributed by atoms with van der Waals surface area (Å²) in [5.74, 6) is 0. The Morgan fingerprint density at radius 1 is 1.24 bits per heavy atom. The molecule has 0 aliphatic rings. The van der Waals surface area contributed by atoms with Crippen molar-refractivity contribution >= 4 is 11.3 Å². The number of hydrogen-bond donors (Lipinski definition) is 1. The molecule has 1 aromatic rings. The fourth-order valence-electron chi connectivity index (χ4n) is 2.11. The van der Waals surface area contributed by atoms with Crippen molar-refractivity contribution in [3.8, 4) is 0 Å². The van der Waals surface area contributed by atoms with Crippen LogP contribution in [0.25, 0.3) is 0 Å². The number of aryl methyl sites for hydroxylation is 1. The van der Waals surface area contributed by atoms with E-state index in [1.165, 1.54) is 55.6 Å². The first kappa shape index (κ1) is 14.7. The van der Waals surface area contributed by atoms with E-state index in [1.807, 2.05) is 7.05 Å². The van der Waals surface area contributed by atoms with E-state index in [0.717, 1.165) is 0 Å². The molecule has 0 aromatic carbocycles. The van der Waals surface area contributed by atoms with Crippen molar-refractivity contribution in [2.75, 3.05) is 7.05 Å². The van der Waals surface area contributed by atoms with Gasteiger partial charge in [-0.25, -0.2) is 4.98 Å². The van der Waals surface area contributed by atoms with Gasteiger partial charge in [-0.3, -0.25) is 0 Å². The van der Waals surface area contributed by atoms with E-state index < -0.39 is 0 Å². The van der Waals surface area contributed by atoms with Crippen molar-refractivity contribution in [3.05, 3.63) is 16.1 Å². The van der Waals surface area contributed by atoms with Crippen molar-refractivity contribution in [2.24, 2.45) is 0 Å². The van der Waals surface area contributed by atoms with Crippen LogP contribution in [0.15, 0.2) is 5.38 Å². The molecule has 0 saturated heterocycles. The third kappa shape index (κ3) is 5.64. The third-order valence-electron chi connectivity index (χ3n) is 3.19. The molecular formula is C14H26N2S. The van der Waals surface area contributed by atoms with Crippen LogP contribution in [0.3, 0.4) is 0 Å². The molecule has 0 spiro atoms. The summed E-state index contributed by atoms with van der Waals surface area (Å²) in [5.41, 5.74) is 1.23. The lowest BCUT2D eigenvalue weighted by Gasteiger charge is -2.13. The lowest BCUT2D eigenvalue weighted by atomic mass is 10.0. The van der Waals surface area contributed by atoms with Gasteiger partial charge < -0.3 is 5.32 Å². The van der Waals surface area contributed by atoms with Crippen LogP contribution >= 0.6 is 11.3 Å². The molecule has 1 unspecified atom stereocenters. The third-order valence-corrected chi connectivity index (χ3v) is 3.98. The Hall–Kier alpha value is -0.410. The molecule has 0 aliphatic carbocycles. The van der Waals surface area contributed by atoms with E-state index in [4.69, 9.17) is 0 Å². The maximum absolute atomic E-state index is 4.57. The van der Waals surface area contributed by atoms with Gasteiger partial charge in [-0.15, -0.1) is 11.3 Å². The average Bonchev–Trinajstić information content (AvgIpc) is 2.75. The van der Waals surface area contributed by atoms with Gasteiger partial charge in [0.15, 0.2) is 0 Å². The summed E-state index contributed by atoms with van der Waals surface area (Å²) in [6.07, 6.45) is 9.40. The maximum atomic E-state index is 4.57. The standard InChI is InChI=1S/C14H26N2S/c1-4-5-6-7-8-9-10-13(15-3)14-11-17-12(2)16-14/h11,13,15H,4-10H2,1-3H3. The SMILES string of the molecule is CCCCCCCCC(NC)c1csc(C)n1. The van der Waals surface area contributed by atoms with E-state index >= 15 is 0 Å². The predicted molar refractivity (Wildman–Crippen MR) is 76.6 cm³/mol. The lowest BCUT2D eigenvalue weighted by Crippen LogP contribution is -2.16. The van der Waals surface area contributed by atoms with Gasteiger partial charge in [0.25, 0.3) is 0 Å². The van der Waals surface area contributed by atoms with Crippen LogP contribution in [0.2, 0.25) is 0 Å². The summed E-state index contributed by atoms with van der Waals surface area (Å²) in [6.45, 7) is 4.34. The minimum Gasteiger partial charge on any atom is -0.312 e. The zero-order valence-electron chi connectivity index (χ0n) is 11.5. The molecule has 1 aromatic heterocycles. The molecule has 1 rings (SSSR count). The zero-order valence-corrected chi connectivity index (χ0v) is 12.3. The largest absolute Gasteiger partial charge is 0.312 e. The molecule has 1 atom stereocenters. The fourth-order valence-corrected chi connectivity index (χ4v) is 2.78. The molecule has 0 radical (unpaired) electrons. The Morgan fingerprint density at radius 2 is 1.94 bits per heavy atom. The number of aromatic nitrogens is 1. The molecule has 98 valence electrons. The summed E-state index contributed by atoms with van der Waals surface area (Å²) >= 11 is 1.75. The Labute approximate surface area is 110 Å². The van der Waals surface area contributed by atoms with Crippen molar-refractivity contribution in [3.63, 3.8) is 0 Å². The highest BCUT2D eigenvalue weighted by Crippen LogP contribution is 2.21.